The monoisotopic (exact) mass is 234 g/mol. The minimum absolute atomic E-state index is 0.0246. The maximum atomic E-state index is 6.30. The Hall–Kier alpha value is 0.130. The SMILES string of the molecule is CC(Cl)C1(N2CCOCC2)CNCCO1. The van der Waals surface area contributed by atoms with Crippen molar-refractivity contribution in [1.29, 1.82) is 0 Å². The minimum atomic E-state index is -0.344. The molecular formula is C10H19ClN2O2. The van der Waals surface area contributed by atoms with Gasteiger partial charge in [-0.15, -0.1) is 11.6 Å². The summed E-state index contributed by atoms with van der Waals surface area (Å²) in [6.07, 6.45) is 0. The molecule has 1 N–H and O–H groups in total. The number of nitrogens with zero attached hydrogens (tertiary/aromatic N) is 1. The van der Waals surface area contributed by atoms with E-state index in [-0.39, 0.29) is 11.1 Å². The van der Waals surface area contributed by atoms with Crippen LogP contribution in [0.5, 0.6) is 0 Å². The number of alkyl halides is 1. The lowest BCUT2D eigenvalue weighted by molar-refractivity contribution is -0.188. The number of ether oxygens (including phenoxy) is 2. The molecule has 0 bridgehead atoms. The van der Waals surface area contributed by atoms with Gasteiger partial charge in [0.15, 0.2) is 5.72 Å². The third kappa shape index (κ3) is 2.29. The summed E-state index contributed by atoms with van der Waals surface area (Å²) >= 11 is 6.30. The molecule has 0 aromatic carbocycles. The van der Waals surface area contributed by atoms with Gasteiger partial charge in [0.1, 0.15) is 0 Å². The van der Waals surface area contributed by atoms with Gasteiger partial charge in [0.05, 0.1) is 25.2 Å². The molecule has 0 saturated carbocycles. The number of morpholine rings is 2. The van der Waals surface area contributed by atoms with Crippen molar-refractivity contribution >= 4 is 11.6 Å². The zero-order chi connectivity index (χ0) is 10.7. The molecule has 0 radical (unpaired) electrons. The number of hydrogen-bond donors (Lipinski definition) is 1. The van der Waals surface area contributed by atoms with E-state index in [4.69, 9.17) is 21.1 Å². The summed E-state index contributed by atoms with van der Waals surface area (Å²) in [5.74, 6) is 0. The van der Waals surface area contributed by atoms with E-state index in [0.29, 0.717) is 0 Å². The van der Waals surface area contributed by atoms with Crippen molar-refractivity contribution in [3.05, 3.63) is 0 Å². The molecule has 15 heavy (non-hydrogen) atoms. The van der Waals surface area contributed by atoms with Crippen LogP contribution in [0.15, 0.2) is 0 Å². The van der Waals surface area contributed by atoms with Crippen molar-refractivity contribution < 1.29 is 9.47 Å². The summed E-state index contributed by atoms with van der Waals surface area (Å²) in [6.45, 7) is 7.80. The van der Waals surface area contributed by atoms with Crippen molar-refractivity contribution in [2.24, 2.45) is 0 Å². The fourth-order valence-electron chi connectivity index (χ4n) is 2.27. The van der Waals surface area contributed by atoms with Gasteiger partial charge in [-0.1, -0.05) is 0 Å². The zero-order valence-electron chi connectivity index (χ0n) is 9.17. The largest absolute Gasteiger partial charge is 0.379 e. The Morgan fingerprint density at radius 1 is 1.33 bits per heavy atom. The summed E-state index contributed by atoms with van der Waals surface area (Å²) in [7, 11) is 0. The van der Waals surface area contributed by atoms with Crippen LogP contribution < -0.4 is 5.32 Å². The molecule has 0 amide bonds. The van der Waals surface area contributed by atoms with Gasteiger partial charge >= 0.3 is 0 Å². The van der Waals surface area contributed by atoms with Gasteiger partial charge in [0.2, 0.25) is 0 Å². The van der Waals surface area contributed by atoms with Gasteiger partial charge in [0.25, 0.3) is 0 Å². The maximum absolute atomic E-state index is 6.30. The molecule has 2 atom stereocenters. The Balaban J connectivity index is 2.09. The molecule has 2 aliphatic heterocycles. The van der Waals surface area contributed by atoms with Crippen LogP contribution in [0, 0.1) is 0 Å². The van der Waals surface area contributed by atoms with Crippen molar-refractivity contribution in [3.63, 3.8) is 0 Å². The first-order chi connectivity index (χ1) is 7.26. The van der Waals surface area contributed by atoms with Crippen LogP contribution >= 0.6 is 11.6 Å². The first-order valence-corrected chi connectivity index (χ1v) is 6.01. The van der Waals surface area contributed by atoms with E-state index < -0.39 is 0 Å². The fourth-order valence-corrected chi connectivity index (χ4v) is 2.55. The molecule has 0 aliphatic carbocycles. The average Bonchev–Trinajstić information content (AvgIpc) is 2.31. The quantitative estimate of drug-likeness (QED) is 0.696. The summed E-state index contributed by atoms with van der Waals surface area (Å²) in [5.41, 5.74) is -0.344. The van der Waals surface area contributed by atoms with E-state index in [0.717, 1.165) is 46.0 Å². The Labute approximate surface area is 95.9 Å². The first kappa shape index (κ1) is 11.6. The molecule has 0 spiro atoms. The van der Waals surface area contributed by atoms with Crippen LogP contribution in [0.2, 0.25) is 0 Å². The molecular weight excluding hydrogens is 216 g/mol. The smallest absolute Gasteiger partial charge is 0.150 e. The topological polar surface area (TPSA) is 33.7 Å². The number of nitrogens with one attached hydrogen (secondary N) is 1. The molecule has 2 aliphatic rings. The molecule has 5 heteroatoms. The minimum Gasteiger partial charge on any atom is -0.379 e. The van der Waals surface area contributed by atoms with Crippen LogP contribution in [0.4, 0.5) is 0 Å². The molecule has 0 aromatic rings. The van der Waals surface area contributed by atoms with Crippen LogP contribution in [0.1, 0.15) is 6.92 Å². The highest BCUT2D eigenvalue weighted by molar-refractivity contribution is 6.21. The van der Waals surface area contributed by atoms with Gasteiger partial charge < -0.3 is 14.8 Å². The normalized spacial score (nSPS) is 36.4. The predicted molar refractivity (Wildman–Crippen MR) is 59.3 cm³/mol. The number of rotatable bonds is 2. The Kier molecular flexibility index (Phi) is 3.85. The van der Waals surface area contributed by atoms with Crippen molar-refractivity contribution in [2.45, 2.75) is 18.0 Å². The summed E-state index contributed by atoms with van der Waals surface area (Å²) in [4.78, 5) is 2.31. The van der Waals surface area contributed by atoms with Crippen LogP contribution in [0.3, 0.4) is 0 Å². The predicted octanol–water partition coefficient (Wildman–Crippen LogP) is 0.262. The van der Waals surface area contributed by atoms with Gasteiger partial charge in [0, 0.05) is 26.2 Å². The lowest BCUT2D eigenvalue weighted by Gasteiger charge is -2.49. The zero-order valence-corrected chi connectivity index (χ0v) is 9.92. The summed E-state index contributed by atoms with van der Waals surface area (Å²) in [6, 6.07) is 0. The highest BCUT2D eigenvalue weighted by Gasteiger charge is 2.44. The standard InChI is InChI=1S/C10H19ClN2O2/c1-9(11)10(8-12-2-5-15-10)13-3-6-14-7-4-13/h9,12H,2-8H2,1H3. The second-order valence-electron chi connectivity index (χ2n) is 4.09. The highest BCUT2D eigenvalue weighted by atomic mass is 35.5. The fraction of sp³-hybridized carbons (Fsp3) is 1.00. The molecule has 0 aromatic heterocycles. The Bertz CT molecular complexity index is 202. The first-order valence-electron chi connectivity index (χ1n) is 5.57. The van der Waals surface area contributed by atoms with E-state index in [9.17, 15) is 0 Å². The van der Waals surface area contributed by atoms with E-state index in [2.05, 4.69) is 10.2 Å². The second-order valence-corrected chi connectivity index (χ2v) is 4.74. The third-order valence-electron chi connectivity index (χ3n) is 3.18. The van der Waals surface area contributed by atoms with Crippen molar-refractivity contribution in [2.75, 3.05) is 46.0 Å². The lowest BCUT2D eigenvalue weighted by atomic mass is 10.1. The molecule has 88 valence electrons. The van der Waals surface area contributed by atoms with E-state index in [1.807, 2.05) is 6.92 Å². The highest BCUT2D eigenvalue weighted by Crippen LogP contribution is 2.27. The molecule has 4 nitrogen and oxygen atoms in total. The van der Waals surface area contributed by atoms with Crippen molar-refractivity contribution in [3.8, 4) is 0 Å². The van der Waals surface area contributed by atoms with E-state index in [1.54, 1.807) is 0 Å². The molecule has 2 fully saturated rings. The van der Waals surface area contributed by atoms with Crippen LogP contribution in [0.25, 0.3) is 0 Å². The molecule has 2 rings (SSSR count). The molecule has 2 unspecified atom stereocenters. The van der Waals surface area contributed by atoms with Gasteiger partial charge in [-0.2, -0.15) is 0 Å². The molecule has 2 saturated heterocycles. The van der Waals surface area contributed by atoms with Gasteiger partial charge in [-0.05, 0) is 6.92 Å². The maximum Gasteiger partial charge on any atom is 0.150 e. The Morgan fingerprint density at radius 2 is 2.07 bits per heavy atom. The molecule has 2 heterocycles. The van der Waals surface area contributed by atoms with E-state index >= 15 is 0 Å². The number of hydrogen-bond acceptors (Lipinski definition) is 4. The Morgan fingerprint density at radius 3 is 2.60 bits per heavy atom. The average molecular weight is 235 g/mol. The van der Waals surface area contributed by atoms with Crippen molar-refractivity contribution in [1.82, 2.24) is 10.2 Å². The van der Waals surface area contributed by atoms with Crippen LogP contribution in [-0.4, -0.2) is 62.0 Å². The summed E-state index contributed by atoms with van der Waals surface area (Å²) < 4.78 is 11.3. The lowest BCUT2D eigenvalue weighted by Crippen LogP contribution is -2.66. The van der Waals surface area contributed by atoms with Gasteiger partial charge in [-0.25, -0.2) is 0 Å². The summed E-state index contributed by atoms with van der Waals surface area (Å²) in [5, 5.41) is 3.34. The third-order valence-corrected chi connectivity index (χ3v) is 3.52. The second kappa shape index (κ2) is 4.97. The van der Waals surface area contributed by atoms with E-state index in [1.165, 1.54) is 0 Å². The van der Waals surface area contributed by atoms with Gasteiger partial charge in [-0.3, -0.25) is 4.90 Å². The number of halogens is 1. The van der Waals surface area contributed by atoms with Crippen LogP contribution in [-0.2, 0) is 9.47 Å².